The van der Waals surface area contributed by atoms with Gasteiger partial charge in [-0.1, -0.05) is 23.7 Å². The molecule has 0 bridgehead atoms. The third kappa shape index (κ3) is 5.07. The third-order valence-corrected chi connectivity index (χ3v) is 3.67. The SMILES string of the molecule is C[C@@H](NC(=O)NCCCc1ccc(Cl)cc1)c1cnn(C)c1. The number of urea groups is 1. The van der Waals surface area contributed by atoms with Crippen molar-refractivity contribution in [1.29, 1.82) is 0 Å². The van der Waals surface area contributed by atoms with Crippen LogP contribution in [0.1, 0.15) is 30.5 Å². The first-order chi connectivity index (χ1) is 10.5. The average Bonchev–Trinajstić information content (AvgIpc) is 2.92. The summed E-state index contributed by atoms with van der Waals surface area (Å²) >= 11 is 5.84. The summed E-state index contributed by atoms with van der Waals surface area (Å²) in [7, 11) is 1.85. The molecule has 1 atom stereocenters. The van der Waals surface area contributed by atoms with Crippen molar-refractivity contribution < 1.29 is 4.79 Å². The largest absolute Gasteiger partial charge is 0.338 e. The minimum atomic E-state index is -0.160. The van der Waals surface area contributed by atoms with E-state index in [1.807, 2.05) is 44.4 Å². The molecule has 22 heavy (non-hydrogen) atoms. The second-order valence-electron chi connectivity index (χ2n) is 5.30. The summed E-state index contributed by atoms with van der Waals surface area (Å²) in [6.07, 6.45) is 5.45. The smallest absolute Gasteiger partial charge is 0.315 e. The molecule has 2 N–H and O–H groups in total. The molecule has 6 heteroatoms. The van der Waals surface area contributed by atoms with Crippen molar-refractivity contribution in [2.24, 2.45) is 7.05 Å². The molecule has 1 aromatic heterocycles. The van der Waals surface area contributed by atoms with E-state index in [0.717, 1.165) is 23.4 Å². The summed E-state index contributed by atoms with van der Waals surface area (Å²) in [6, 6.07) is 7.55. The Kier molecular flexibility index (Phi) is 5.83. The molecular weight excluding hydrogens is 300 g/mol. The lowest BCUT2D eigenvalue weighted by atomic mass is 10.1. The van der Waals surface area contributed by atoms with Gasteiger partial charge in [-0.05, 0) is 37.5 Å². The molecular formula is C16H21ClN4O. The van der Waals surface area contributed by atoms with Gasteiger partial charge in [0, 0.05) is 30.4 Å². The number of aryl methyl sites for hydroxylation is 2. The Bertz CT molecular complexity index is 609. The van der Waals surface area contributed by atoms with Crippen molar-refractivity contribution in [2.75, 3.05) is 6.54 Å². The van der Waals surface area contributed by atoms with Gasteiger partial charge >= 0.3 is 6.03 Å². The van der Waals surface area contributed by atoms with Crippen LogP contribution in [0.25, 0.3) is 0 Å². The zero-order chi connectivity index (χ0) is 15.9. The minimum Gasteiger partial charge on any atom is -0.338 e. The van der Waals surface area contributed by atoms with Gasteiger partial charge in [-0.3, -0.25) is 4.68 Å². The Balaban J connectivity index is 1.66. The number of hydrogen-bond acceptors (Lipinski definition) is 2. The number of nitrogens with zero attached hydrogens (tertiary/aromatic N) is 2. The summed E-state index contributed by atoms with van der Waals surface area (Å²) in [5.74, 6) is 0. The molecule has 0 aliphatic rings. The van der Waals surface area contributed by atoms with Crippen molar-refractivity contribution in [3.05, 3.63) is 52.8 Å². The van der Waals surface area contributed by atoms with E-state index in [1.54, 1.807) is 10.9 Å². The topological polar surface area (TPSA) is 59.0 Å². The molecule has 2 rings (SSSR count). The number of rotatable bonds is 6. The number of carbonyl (C=O) groups is 1. The molecule has 5 nitrogen and oxygen atoms in total. The number of aromatic nitrogens is 2. The zero-order valence-corrected chi connectivity index (χ0v) is 13.6. The third-order valence-electron chi connectivity index (χ3n) is 3.41. The number of nitrogens with one attached hydrogen (secondary N) is 2. The standard InChI is InChI=1S/C16H21ClN4O/c1-12(14-10-19-21(2)11-14)20-16(22)18-9-3-4-13-5-7-15(17)8-6-13/h5-8,10-12H,3-4,9H2,1-2H3,(H2,18,20,22)/t12-/m1/s1. The van der Waals surface area contributed by atoms with E-state index in [1.165, 1.54) is 5.56 Å². The fraction of sp³-hybridized carbons (Fsp3) is 0.375. The van der Waals surface area contributed by atoms with E-state index < -0.39 is 0 Å². The van der Waals surface area contributed by atoms with Crippen molar-refractivity contribution in [3.63, 3.8) is 0 Å². The molecule has 2 aromatic rings. The number of benzene rings is 1. The maximum atomic E-state index is 11.8. The van der Waals surface area contributed by atoms with Crippen LogP contribution in [0.5, 0.6) is 0 Å². The lowest BCUT2D eigenvalue weighted by Crippen LogP contribution is -2.37. The molecule has 1 aromatic carbocycles. The molecule has 0 aliphatic heterocycles. The maximum absolute atomic E-state index is 11.8. The summed E-state index contributed by atoms with van der Waals surface area (Å²) < 4.78 is 1.72. The normalized spacial score (nSPS) is 12.0. The predicted octanol–water partition coefficient (Wildman–Crippen LogP) is 3.07. The van der Waals surface area contributed by atoms with E-state index in [0.29, 0.717) is 6.54 Å². The van der Waals surface area contributed by atoms with Crippen LogP contribution in [-0.4, -0.2) is 22.4 Å². The van der Waals surface area contributed by atoms with E-state index in [2.05, 4.69) is 15.7 Å². The Labute approximate surface area is 135 Å². The second-order valence-corrected chi connectivity index (χ2v) is 5.74. The van der Waals surface area contributed by atoms with E-state index >= 15 is 0 Å². The van der Waals surface area contributed by atoms with E-state index in [-0.39, 0.29) is 12.1 Å². The van der Waals surface area contributed by atoms with Gasteiger partial charge in [-0.2, -0.15) is 5.10 Å². The monoisotopic (exact) mass is 320 g/mol. The number of halogens is 1. The number of amides is 2. The van der Waals surface area contributed by atoms with Crippen LogP contribution in [0.3, 0.4) is 0 Å². The molecule has 1 heterocycles. The average molecular weight is 321 g/mol. The molecule has 0 saturated carbocycles. The Morgan fingerprint density at radius 2 is 2.09 bits per heavy atom. The van der Waals surface area contributed by atoms with Crippen LogP contribution >= 0.6 is 11.6 Å². The van der Waals surface area contributed by atoms with Crippen LogP contribution in [0.15, 0.2) is 36.7 Å². The highest BCUT2D eigenvalue weighted by molar-refractivity contribution is 6.30. The number of carbonyl (C=O) groups excluding carboxylic acids is 1. The van der Waals surface area contributed by atoms with Gasteiger partial charge in [0.1, 0.15) is 0 Å². The Hall–Kier alpha value is -2.01. The first-order valence-electron chi connectivity index (χ1n) is 7.32. The molecule has 0 saturated heterocycles. The molecule has 0 fully saturated rings. The van der Waals surface area contributed by atoms with Crippen molar-refractivity contribution >= 4 is 17.6 Å². The fourth-order valence-corrected chi connectivity index (χ4v) is 2.27. The molecule has 0 unspecified atom stereocenters. The van der Waals surface area contributed by atoms with Crippen LogP contribution < -0.4 is 10.6 Å². The lowest BCUT2D eigenvalue weighted by Gasteiger charge is -2.13. The van der Waals surface area contributed by atoms with Gasteiger partial charge in [-0.25, -0.2) is 4.79 Å². The second kappa shape index (κ2) is 7.84. The minimum absolute atomic E-state index is 0.0648. The van der Waals surface area contributed by atoms with Crippen LogP contribution in [-0.2, 0) is 13.5 Å². The molecule has 2 amide bonds. The zero-order valence-electron chi connectivity index (χ0n) is 12.8. The van der Waals surface area contributed by atoms with E-state index in [9.17, 15) is 4.79 Å². The highest BCUT2D eigenvalue weighted by Gasteiger charge is 2.10. The van der Waals surface area contributed by atoms with Crippen LogP contribution in [0.2, 0.25) is 5.02 Å². The summed E-state index contributed by atoms with van der Waals surface area (Å²) in [5, 5.41) is 10.6. The fourth-order valence-electron chi connectivity index (χ4n) is 2.14. The summed E-state index contributed by atoms with van der Waals surface area (Å²) in [4.78, 5) is 11.8. The molecule has 0 aliphatic carbocycles. The van der Waals surface area contributed by atoms with Gasteiger partial charge in [0.25, 0.3) is 0 Å². The number of hydrogen-bond donors (Lipinski definition) is 2. The molecule has 0 spiro atoms. The summed E-state index contributed by atoms with van der Waals surface area (Å²) in [5.41, 5.74) is 2.20. The summed E-state index contributed by atoms with van der Waals surface area (Å²) in [6.45, 7) is 2.57. The van der Waals surface area contributed by atoms with Gasteiger partial charge < -0.3 is 10.6 Å². The molecule has 118 valence electrons. The first kappa shape index (κ1) is 16.4. The Morgan fingerprint density at radius 3 is 2.73 bits per heavy atom. The van der Waals surface area contributed by atoms with Crippen LogP contribution in [0.4, 0.5) is 4.79 Å². The Morgan fingerprint density at radius 1 is 1.36 bits per heavy atom. The first-order valence-corrected chi connectivity index (χ1v) is 7.70. The van der Waals surface area contributed by atoms with Crippen molar-refractivity contribution in [3.8, 4) is 0 Å². The highest BCUT2D eigenvalue weighted by Crippen LogP contribution is 2.11. The van der Waals surface area contributed by atoms with Gasteiger partial charge in [0.2, 0.25) is 0 Å². The van der Waals surface area contributed by atoms with Gasteiger partial charge in [-0.15, -0.1) is 0 Å². The van der Waals surface area contributed by atoms with Gasteiger partial charge in [0.05, 0.1) is 12.2 Å². The van der Waals surface area contributed by atoms with Crippen LogP contribution in [0, 0.1) is 0 Å². The highest BCUT2D eigenvalue weighted by atomic mass is 35.5. The van der Waals surface area contributed by atoms with Crippen molar-refractivity contribution in [1.82, 2.24) is 20.4 Å². The lowest BCUT2D eigenvalue weighted by molar-refractivity contribution is 0.238. The molecule has 0 radical (unpaired) electrons. The van der Waals surface area contributed by atoms with Crippen molar-refractivity contribution in [2.45, 2.75) is 25.8 Å². The maximum Gasteiger partial charge on any atom is 0.315 e. The predicted molar refractivity (Wildman–Crippen MR) is 87.9 cm³/mol. The van der Waals surface area contributed by atoms with E-state index in [4.69, 9.17) is 11.6 Å². The van der Waals surface area contributed by atoms with Gasteiger partial charge in [0.15, 0.2) is 0 Å². The quantitative estimate of drug-likeness (QED) is 0.804.